The van der Waals surface area contributed by atoms with Crippen LogP contribution in [0, 0.1) is 11.8 Å². The van der Waals surface area contributed by atoms with Crippen molar-refractivity contribution in [2.45, 2.75) is 6.10 Å². The summed E-state index contributed by atoms with van der Waals surface area (Å²) in [5.74, 6) is 5.58. The number of benzene rings is 1. The number of aliphatic hydroxyl groups is 1. The van der Waals surface area contributed by atoms with Crippen LogP contribution in [0.5, 0.6) is 0 Å². The molecule has 92 valence electrons. The van der Waals surface area contributed by atoms with E-state index in [1.165, 1.54) is 0 Å². The van der Waals surface area contributed by atoms with Gasteiger partial charge in [0.15, 0.2) is 0 Å². The van der Waals surface area contributed by atoms with Crippen LogP contribution in [-0.2, 0) is 0 Å². The minimum Gasteiger partial charge on any atom is -0.375 e. The van der Waals surface area contributed by atoms with Crippen molar-refractivity contribution >= 4 is 5.57 Å². The Labute approximate surface area is 112 Å². The van der Waals surface area contributed by atoms with E-state index in [1.54, 1.807) is 12.3 Å². The minimum absolute atomic E-state index is 0.573. The van der Waals surface area contributed by atoms with Gasteiger partial charge in [-0.25, -0.2) is 4.98 Å². The molecule has 0 aliphatic heterocycles. The molecule has 1 aromatic heterocycles. The van der Waals surface area contributed by atoms with Crippen molar-refractivity contribution in [3.05, 3.63) is 78.3 Å². The topological polar surface area (TPSA) is 33.1 Å². The highest BCUT2D eigenvalue weighted by atomic mass is 16.3. The Morgan fingerprint density at radius 3 is 2.47 bits per heavy atom. The Hall–Kier alpha value is -2.59. The van der Waals surface area contributed by atoms with Gasteiger partial charge in [0, 0.05) is 11.8 Å². The summed E-state index contributed by atoms with van der Waals surface area (Å²) in [5, 5.41) is 10.1. The number of rotatable bonds is 2. The Kier molecular flexibility index (Phi) is 4.31. The standard InChI is InChI=1S/C17H13NO/c1-2-16(14-8-4-3-5-9-14)17(19)12-11-15-10-6-7-13-18-15/h3-10,13,17,19H,1H2/t17-/m0/s1. The van der Waals surface area contributed by atoms with Crippen LogP contribution in [0.2, 0.25) is 0 Å². The molecule has 0 radical (unpaired) electrons. The normalized spacial score (nSPS) is 10.8. The van der Waals surface area contributed by atoms with E-state index in [-0.39, 0.29) is 0 Å². The number of nitrogens with zero attached hydrogens (tertiary/aromatic N) is 1. The van der Waals surface area contributed by atoms with Gasteiger partial charge in [0.1, 0.15) is 11.8 Å². The first-order valence-electron chi connectivity index (χ1n) is 5.87. The van der Waals surface area contributed by atoms with Crippen LogP contribution in [0.4, 0.5) is 0 Å². The average Bonchev–Trinajstić information content (AvgIpc) is 2.48. The fourth-order valence-corrected chi connectivity index (χ4v) is 1.63. The van der Waals surface area contributed by atoms with E-state index in [1.807, 2.05) is 42.5 Å². The fraction of sp³-hybridized carbons (Fsp3) is 0.0588. The van der Waals surface area contributed by atoms with Crippen molar-refractivity contribution in [1.82, 2.24) is 4.98 Å². The Balaban J connectivity index is 2.23. The first-order valence-corrected chi connectivity index (χ1v) is 5.87. The van der Waals surface area contributed by atoms with Gasteiger partial charge in [0.2, 0.25) is 0 Å². The van der Waals surface area contributed by atoms with Crippen LogP contribution in [-0.4, -0.2) is 16.2 Å². The number of aromatic nitrogens is 1. The number of pyridine rings is 1. The van der Waals surface area contributed by atoms with E-state index in [4.69, 9.17) is 0 Å². The number of hydrogen-bond acceptors (Lipinski definition) is 2. The second kappa shape index (κ2) is 6.37. The van der Waals surface area contributed by atoms with Crippen molar-refractivity contribution in [3.8, 4) is 11.8 Å². The van der Waals surface area contributed by atoms with Crippen LogP contribution < -0.4 is 0 Å². The van der Waals surface area contributed by atoms with Crippen LogP contribution >= 0.6 is 0 Å². The molecule has 2 heteroatoms. The van der Waals surface area contributed by atoms with E-state index < -0.39 is 6.10 Å². The molecular formula is C17H13NO. The lowest BCUT2D eigenvalue weighted by Crippen LogP contribution is -2.05. The number of hydrogen-bond donors (Lipinski definition) is 1. The SMILES string of the molecule is C=C=C(c1ccccc1)[C@@H](O)C#Cc1ccccn1. The first-order chi connectivity index (χ1) is 9.31. The summed E-state index contributed by atoms with van der Waals surface area (Å²) in [4.78, 5) is 4.08. The highest BCUT2D eigenvalue weighted by molar-refractivity contribution is 5.70. The molecular weight excluding hydrogens is 234 g/mol. The van der Waals surface area contributed by atoms with E-state index in [0.29, 0.717) is 11.3 Å². The molecule has 19 heavy (non-hydrogen) atoms. The van der Waals surface area contributed by atoms with Gasteiger partial charge < -0.3 is 5.11 Å². The predicted molar refractivity (Wildman–Crippen MR) is 76.1 cm³/mol. The van der Waals surface area contributed by atoms with Gasteiger partial charge in [-0.3, -0.25) is 0 Å². The second-order valence-electron chi connectivity index (χ2n) is 3.84. The predicted octanol–water partition coefficient (Wildman–Crippen LogP) is 2.66. The molecule has 0 aliphatic rings. The monoisotopic (exact) mass is 247 g/mol. The quantitative estimate of drug-likeness (QED) is 0.653. The van der Waals surface area contributed by atoms with Crippen molar-refractivity contribution < 1.29 is 5.11 Å². The molecule has 0 saturated carbocycles. The van der Waals surface area contributed by atoms with Gasteiger partial charge in [-0.05, 0) is 23.6 Å². The van der Waals surface area contributed by atoms with Gasteiger partial charge in [-0.15, -0.1) is 5.73 Å². The molecule has 0 unspecified atom stereocenters. The van der Waals surface area contributed by atoms with Gasteiger partial charge in [0.25, 0.3) is 0 Å². The lowest BCUT2D eigenvalue weighted by molar-refractivity contribution is 0.289. The molecule has 1 aromatic carbocycles. The summed E-state index contributed by atoms with van der Waals surface area (Å²) in [6, 6.07) is 14.9. The van der Waals surface area contributed by atoms with E-state index in [9.17, 15) is 5.11 Å². The zero-order valence-electron chi connectivity index (χ0n) is 10.4. The summed E-state index contributed by atoms with van der Waals surface area (Å²) in [6.45, 7) is 3.61. The van der Waals surface area contributed by atoms with Gasteiger partial charge in [-0.1, -0.05) is 48.9 Å². The smallest absolute Gasteiger partial charge is 0.148 e. The van der Waals surface area contributed by atoms with Crippen LogP contribution in [0.15, 0.2) is 67.0 Å². The zero-order valence-corrected chi connectivity index (χ0v) is 10.4. The highest BCUT2D eigenvalue weighted by Crippen LogP contribution is 2.16. The molecule has 1 atom stereocenters. The highest BCUT2D eigenvalue weighted by Gasteiger charge is 2.08. The number of aliphatic hydroxyl groups excluding tert-OH is 1. The van der Waals surface area contributed by atoms with E-state index >= 15 is 0 Å². The zero-order chi connectivity index (χ0) is 13.5. The molecule has 1 heterocycles. The van der Waals surface area contributed by atoms with Crippen LogP contribution in [0.25, 0.3) is 5.57 Å². The fourth-order valence-electron chi connectivity index (χ4n) is 1.63. The Bertz CT molecular complexity index is 644. The lowest BCUT2D eigenvalue weighted by atomic mass is 10.0. The molecule has 2 rings (SSSR count). The molecule has 0 spiro atoms. The molecule has 0 aliphatic carbocycles. The van der Waals surface area contributed by atoms with Crippen molar-refractivity contribution in [1.29, 1.82) is 0 Å². The maximum absolute atomic E-state index is 10.1. The molecule has 0 amide bonds. The molecule has 0 bridgehead atoms. The minimum atomic E-state index is -0.929. The largest absolute Gasteiger partial charge is 0.375 e. The Morgan fingerprint density at radius 2 is 1.84 bits per heavy atom. The third-order valence-corrected chi connectivity index (χ3v) is 2.55. The summed E-state index contributed by atoms with van der Waals surface area (Å²) in [6.07, 6.45) is 0.736. The first kappa shape index (κ1) is 12.9. The van der Waals surface area contributed by atoms with Gasteiger partial charge >= 0.3 is 0 Å². The van der Waals surface area contributed by atoms with E-state index in [2.05, 4.69) is 29.1 Å². The molecule has 0 fully saturated rings. The molecule has 0 saturated heterocycles. The lowest BCUT2D eigenvalue weighted by Gasteiger charge is -2.06. The maximum atomic E-state index is 10.1. The maximum Gasteiger partial charge on any atom is 0.148 e. The average molecular weight is 247 g/mol. The van der Waals surface area contributed by atoms with Gasteiger partial charge in [-0.2, -0.15) is 0 Å². The molecule has 1 N–H and O–H groups in total. The third-order valence-electron chi connectivity index (χ3n) is 2.55. The van der Waals surface area contributed by atoms with Gasteiger partial charge in [0.05, 0.1) is 0 Å². The third kappa shape index (κ3) is 3.43. The van der Waals surface area contributed by atoms with E-state index in [0.717, 1.165) is 5.56 Å². The van der Waals surface area contributed by atoms with Crippen LogP contribution in [0.1, 0.15) is 11.3 Å². The summed E-state index contributed by atoms with van der Waals surface area (Å²) in [7, 11) is 0. The molecule has 2 nitrogen and oxygen atoms in total. The summed E-state index contributed by atoms with van der Waals surface area (Å²) >= 11 is 0. The van der Waals surface area contributed by atoms with Crippen molar-refractivity contribution in [3.63, 3.8) is 0 Å². The Morgan fingerprint density at radius 1 is 1.11 bits per heavy atom. The summed E-state index contributed by atoms with van der Waals surface area (Å²) in [5.41, 5.74) is 4.81. The molecule has 2 aromatic rings. The van der Waals surface area contributed by atoms with Crippen LogP contribution in [0.3, 0.4) is 0 Å². The van der Waals surface area contributed by atoms with Crippen molar-refractivity contribution in [2.24, 2.45) is 0 Å². The second-order valence-corrected chi connectivity index (χ2v) is 3.84. The summed E-state index contributed by atoms with van der Waals surface area (Å²) < 4.78 is 0. The van der Waals surface area contributed by atoms with Crippen molar-refractivity contribution in [2.75, 3.05) is 0 Å².